The second-order valence-corrected chi connectivity index (χ2v) is 5.03. The summed E-state index contributed by atoms with van der Waals surface area (Å²) in [5.41, 5.74) is 4.72. The normalized spacial score (nSPS) is 10.5. The summed E-state index contributed by atoms with van der Waals surface area (Å²) in [5, 5.41) is 3.97. The number of nitrogens with zero attached hydrogens (tertiary/aromatic N) is 1. The quantitative estimate of drug-likeness (QED) is 0.654. The Morgan fingerprint density at radius 1 is 1.00 bits per heavy atom. The number of hydrazone groups is 1. The van der Waals surface area contributed by atoms with Crippen molar-refractivity contribution in [3.8, 4) is 17.2 Å². The zero-order valence-electron chi connectivity index (χ0n) is 14.1. The number of rotatable bonds is 6. The van der Waals surface area contributed by atoms with Crippen molar-refractivity contribution < 1.29 is 19.0 Å². The molecule has 0 aromatic heterocycles. The Bertz CT molecular complexity index is 734. The standard InChI is InChI=1S/C18H20N2O4/c1-12-5-6-13(7-17(12)24-4)11-19-20-18(21)14-8-15(22-2)10-16(9-14)23-3/h5-11H,1-4H3,(H,20,21). The molecule has 2 aromatic carbocycles. The van der Waals surface area contributed by atoms with Gasteiger partial charge < -0.3 is 14.2 Å². The summed E-state index contributed by atoms with van der Waals surface area (Å²) in [6.45, 7) is 1.96. The van der Waals surface area contributed by atoms with Crippen molar-refractivity contribution in [1.29, 1.82) is 0 Å². The smallest absolute Gasteiger partial charge is 0.271 e. The van der Waals surface area contributed by atoms with E-state index in [0.717, 1.165) is 16.9 Å². The van der Waals surface area contributed by atoms with E-state index in [2.05, 4.69) is 10.5 Å². The maximum Gasteiger partial charge on any atom is 0.271 e. The molecule has 0 saturated carbocycles. The fourth-order valence-electron chi connectivity index (χ4n) is 2.09. The fourth-order valence-corrected chi connectivity index (χ4v) is 2.09. The van der Waals surface area contributed by atoms with Gasteiger partial charge in [0.1, 0.15) is 17.2 Å². The van der Waals surface area contributed by atoms with Crippen LogP contribution in [0.2, 0.25) is 0 Å². The van der Waals surface area contributed by atoms with E-state index in [-0.39, 0.29) is 5.91 Å². The maximum atomic E-state index is 12.2. The number of carbonyl (C=O) groups is 1. The second kappa shape index (κ2) is 8.01. The van der Waals surface area contributed by atoms with Crippen LogP contribution >= 0.6 is 0 Å². The lowest BCUT2D eigenvalue weighted by Gasteiger charge is -2.07. The molecule has 126 valence electrons. The molecule has 6 heteroatoms. The monoisotopic (exact) mass is 328 g/mol. The molecule has 0 heterocycles. The highest BCUT2D eigenvalue weighted by Crippen LogP contribution is 2.22. The molecule has 0 saturated heterocycles. The number of hydrogen-bond donors (Lipinski definition) is 1. The molecule has 1 amide bonds. The lowest BCUT2D eigenvalue weighted by atomic mass is 10.1. The number of methoxy groups -OCH3 is 3. The Morgan fingerprint density at radius 2 is 1.67 bits per heavy atom. The lowest BCUT2D eigenvalue weighted by Crippen LogP contribution is -2.17. The van der Waals surface area contributed by atoms with Crippen LogP contribution in [0.1, 0.15) is 21.5 Å². The van der Waals surface area contributed by atoms with Crippen molar-refractivity contribution in [2.75, 3.05) is 21.3 Å². The van der Waals surface area contributed by atoms with Crippen LogP contribution in [-0.2, 0) is 0 Å². The second-order valence-electron chi connectivity index (χ2n) is 5.03. The Balaban J connectivity index is 2.10. The number of amides is 1. The van der Waals surface area contributed by atoms with Gasteiger partial charge in [-0.3, -0.25) is 4.79 Å². The van der Waals surface area contributed by atoms with Crippen molar-refractivity contribution in [2.24, 2.45) is 5.10 Å². The van der Waals surface area contributed by atoms with E-state index in [9.17, 15) is 4.79 Å². The van der Waals surface area contributed by atoms with E-state index in [1.165, 1.54) is 14.2 Å². The minimum atomic E-state index is -0.359. The first-order valence-corrected chi connectivity index (χ1v) is 7.28. The third kappa shape index (κ3) is 4.25. The number of aryl methyl sites for hydroxylation is 1. The maximum absolute atomic E-state index is 12.2. The third-order valence-electron chi connectivity index (χ3n) is 3.43. The molecule has 0 aliphatic rings. The number of ether oxygens (including phenoxy) is 3. The Kier molecular flexibility index (Phi) is 5.78. The zero-order valence-corrected chi connectivity index (χ0v) is 14.1. The topological polar surface area (TPSA) is 69.2 Å². The van der Waals surface area contributed by atoms with Gasteiger partial charge in [-0.1, -0.05) is 12.1 Å². The van der Waals surface area contributed by atoms with Crippen LogP contribution in [-0.4, -0.2) is 33.5 Å². The summed E-state index contributed by atoms with van der Waals surface area (Å²) in [4.78, 5) is 12.2. The van der Waals surface area contributed by atoms with Gasteiger partial charge in [0, 0.05) is 11.6 Å². The van der Waals surface area contributed by atoms with Crippen molar-refractivity contribution in [1.82, 2.24) is 5.43 Å². The van der Waals surface area contributed by atoms with Crippen LogP contribution in [0.4, 0.5) is 0 Å². The summed E-state index contributed by atoms with van der Waals surface area (Å²) >= 11 is 0. The highest BCUT2D eigenvalue weighted by Gasteiger charge is 2.09. The molecule has 0 radical (unpaired) electrons. The molecule has 0 bridgehead atoms. The fraction of sp³-hybridized carbons (Fsp3) is 0.222. The first kappa shape index (κ1) is 17.3. The van der Waals surface area contributed by atoms with E-state index < -0.39 is 0 Å². The molecule has 2 aromatic rings. The first-order valence-electron chi connectivity index (χ1n) is 7.28. The zero-order chi connectivity index (χ0) is 17.5. The summed E-state index contributed by atoms with van der Waals surface area (Å²) < 4.78 is 15.5. The molecule has 24 heavy (non-hydrogen) atoms. The van der Waals surface area contributed by atoms with E-state index in [4.69, 9.17) is 14.2 Å². The minimum Gasteiger partial charge on any atom is -0.497 e. The van der Waals surface area contributed by atoms with Crippen molar-refractivity contribution >= 4 is 12.1 Å². The van der Waals surface area contributed by atoms with Crippen LogP contribution in [0, 0.1) is 6.92 Å². The highest BCUT2D eigenvalue weighted by atomic mass is 16.5. The average molecular weight is 328 g/mol. The van der Waals surface area contributed by atoms with E-state index in [1.54, 1.807) is 31.5 Å². The van der Waals surface area contributed by atoms with Crippen molar-refractivity contribution in [3.05, 3.63) is 53.1 Å². The molecule has 0 aliphatic heterocycles. The molecule has 0 aliphatic carbocycles. The van der Waals surface area contributed by atoms with Gasteiger partial charge in [-0.05, 0) is 36.2 Å². The van der Waals surface area contributed by atoms with Crippen molar-refractivity contribution in [2.45, 2.75) is 6.92 Å². The van der Waals surface area contributed by atoms with Gasteiger partial charge in [0.15, 0.2) is 0 Å². The molecule has 2 rings (SSSR count). The Labute approximate surface area is 141 Å². The average Bonchev–Trinajstić information content (AvgIpc) is 2.62. The van der Waals surface area contributed by atoms with Gasteiger partial charge in [0.2, 0.25) is 0 Å². The van der Waals surface area contributed by atoms with Crippen LogP contribution < -0.4 is 19.6 Å². The van der Waals surface area contributed by atoms with Gasteiger partial charge in [0.25, 0.3) is 5.91 Å². The van der Waals surface area contributed by atoms with Crippen molar-refractivity contribution in [3.63, 3.8) is 0 Å². The summed E-state index contributed by atoms with van der Waals surface area (Å²) in [6, 6.07) is 10.6. The van der Waals surface area contributed by atoms with E-state index >= 15 is 0 Å². The van der Waals surface area contributed by atoms with Gasteiger partial charge >= 0.3 is 0 Å². The molecular weight excluding hydrogens is 308 g/mol. The van der Waals surface area contributed by atoms with Crippen LogP contribution in [0.5, 0.6) is 17.2 Å². The third-order valence-corrected chi connectivity index (χ3v) is 3.43. The Morgan fingerprint density at radius 3 is 2.25 bits per heavy atom. The summed E-state index contributed by atoms with van der Waals surface area (Å²) in [6.07, 6.45) is 1.55. The molecule has 0 unspecified atom stereocenters. The predicted molar refractivity (Wildman–Crippen MR) is 92.3 cm³/mol. The van der Waals surface area contributed by atoms with E-state index in [1.807, 2.05) is 25.1 Å². The minimum absolute atomic E-state index is 0.359. The molecule has 0 atom stereocenters. The van der Waals surface area contributed by atoms with Gasteiger partial charge in [-0.15, -0.1) is 0 Å². The van der Waals surface area contributed by atoms with Crippen LogP contribution in [0.15, 0.2) is 41.5 Å². The molecule has 6 nitrogen and oxygen atoms in total. The molecule has 0 fully saturated rings. The number of hydrogen-bond acceptors (Lipinski definition) is 5. The first-order chi connectivity index (χ1) is 11.6. The number of nitrogens with one attached hydrogen (secondary N) is 1. The van der Waals surface area contributed by atoms with Crippen LogP contribution in [0.3, 0.4) is 0 Å². The molecule has 0 spiro atoms. The highest BCUT2D eigenvalue weighted by molar-refractivity contribution is 5.95. The SMILES string of the molecule is COc1cc(OC)cc(C(=O)NN=Cc2ccc(C)c(OC)c2)c1. The number of benzene rings is 2. The summed E-state index contributed by atoms with van der Waals surface area (Å²) in [7, 11) is 4.67. The predicted octanol–water partition coefficient (Wildman–Crippen LogP) is 2.78. The summed E-state index contributed by atoms with van der Waals surface area (Å²) in [5.74, 6) is 1.48. The largest absolute Gasteiger partial charge is 0.497 e. The van der Waals surface area contributed by atoms with E-state index in [0.29, 0.717) is 17.1 Å². The van der Waals surface area contributed by atoms with Gasteiger partial charge in [-0.2, -0.15) is 5.10 Å². The lowest BCUT2D eigenvalue weighted by molar-refractivity contribution is 0.0954. The van der Waals surface area contributed by atoms with Crippen LogP contribution in [0.25, 0.3) is 0 Å². The Hall–Kier alpha value is -3.02. The molecule has 1 N–H and O–H groups in total. The molecular formula is C18H20N2O4. The number of carbonyl (C=O) groups excluding carboxylic acids is 1. The van der Waals surface area contributed by atoms with Gasteiger partial charge in [0.05, 0.1) is 27.5 Å². The van der Waals surface area contributed by atoms with Gasteiger partial charge in [-0.25, -0.2) is 5.43 Å².